The maximum absolute atomic E-state index is 8.93. The van der Waals surface area contributed by atoms with E-state index in [2.05, 4.69) is 0 Å². The molecular weight excluding hydrogens is 240 g/mol. The number of hydrogen-bond acceptors (Lipinski definition) is 8. The summed E-state index contributed by atoms with van der Waals surface area (Å²) < 4.78 is 0. The van der Waals surface area contributed by atoms with Crippen LogP contribution >= 0.6 is 0 Å². The molecule has 0 radical (unpaired) electrons. The fourth-order valence-electron chi connectivity index (χ4n) is 0. The minimum atomic E-state index is -2.19. The third kappa shape index (κ3) is 22.4. The number of carbonyl (C=O) groups is 4. The Bertz CT molecular complexity index is 173. The maximum Gasteiger partial charge on any atom is 4.00 e. The number of carboxylic acids is 4. The van der Waals surface area contributed by atoms with Gasteiger partial charge in [0, 0.05) is 0 Å². The zero-order valence-corrected chi connectivity index (χ0v) is 7.83. The van der Waals surface area contributed by atoms with Gasteiger partial charge in [0.25, 0.3) is 0 Å². The average molecular weight is 242 g/mol. The molecule has 0 amide bonds. The molecule has 0 aliphatic carbocycles. The molecular formula is C4H2O9Ti. The van der Waals surface area contributed by atoms with E-state index in [-0.39, 0.29) is 27.2 Å². The van der Waals surface area contributed by atoms with Gasteiger partial charge in [0.2, 0.25) is 0 Å². The van der Waals surface area contributed by atoms with E-state index < -0.39 is 23.9 Å². The molecule has 0 aromatic heterocycles. The van der Waals surface area contributed by atoms with E-state index in [9.17, 15) is 0 Å². The van der Waals surface area contributed by atoms with Gasteiger partial charge < -0.3 is 45.1 Å². The van der Waals surface area contributed by atoms with Crippen molar-refractivity contribution in [2.24, 2.45) is 0 Å². The Morgan fingerprint density at radius 2 is 0.643 bits per heavy atom. The van der Waals surface area contributed by atoms with Crippen LogP contribution in [0.3, 0.4) is 0 Å². The van der Waals surface area contributed by atoms with Crippen molar-refractivity contribution in [1.29, 1.82) is 0 Å². The van der Waals surface area contributed by atoms with Crippen LogP contribution in [0, 0.1) is 0 Å². The van der Waals surface area contributed by atoms with Crippen LogP contribution < -0.4 is 20.4 Å². The van der Waals surface area contributed by atoms with E-state index in [4.69, 9.17) is 39.6 Å². The third-order valence-electron chi connectivity index (χ3n) is 0.333. The minimum Gasteiger partial charge on any atom is -0.543 e. The van der Waals surface area contributed by atoms with Crippen LogP contribution in [0.1, 0.15) is 0 Å². The van der Waals surface area contributed by atoms with Crippen molar-refractivity contribution in [2.45, 2.75) is 0 Å². The van der Waals surface area contributed by atoms with Crippen LogP contribution in [0.5, 0.6) is 0 Å². The molecule has 0 aliphatic heterocycles. The number of rotatable bonds is 0. The van der Waals surface area contributed by atoms with Crippen molar-refractivity contribution in [3.8, 4) is 0 Å². The van der Waals surface area contributed by atoms with Crippen molar-refractivity contribution in [1.82, 2.24) is 0 Å². The summed E-state index contributed by atoms with van der Waals surface area (Å²) in [7, 11) is 0. The van der Waals surface area contributed by atoms with Crippen LogP contribution in [0.2, 0.25) is 0 Å². The molecule has 0 atom stereocenters. The van der Waals surface area contributed by atoms with E-state index in [0.29, 0.717) is 0 Å². The van der Waals surface area contributed by atoms with Crippen molar-refractivity contribution in [3.63, 3.8) is 0 Å². The molecule has 0 aromatic carbocycles. The summed E-state index contributed by atoms with van der Waals surface area (Å²) >= 11 is 0. The first kappa shape index (κ1) is 22.9. The molecule has 0 unspecified atom stereocenters. The van der Waals surface area contributed by atoms with Gasteiger partial charge in [-0.2, -0.15) is 0 Å². The number of hydrogen-bond donors (Lipinski definition) is 0. The van der Waals surface area contributed by atoms with E-state index in [0.717, 1.165) is 0 Å². The monoisotopic (exact) mass is 242 g/mol. The Labute approximate surface area is 91.1 Å². The van der Waals surface area contributed by atoms with Gasteiger partial charge in [-0.15, -0.1) is 0 Å². The summed E-state index contributed by atoms with van der Waals surface area (Å²) in [6.45, 7) is 0. The largest absolute Gasteiger partial charge is 4.00 e. The van der Waals surface area contributed by atoms with Crippen molar-refractivity contribution < 1.29 is 66.8 Å². The number of carbonyl (C=O) groups excluding carboxylic acids is 4. The second kappa shape index (κ2) is 11.6. The van der Waals surface area contributed by atoms with Crippen LogP contribution in [0.15, 0.2) is 0 Å². The minimum absolute atomic E-state index is 0. The second-order valence-electron chi connectivity index (χ2n) is 1.15. The van der Waals surface area contributed by atoms with E-state index in [1.54, 1.807) is 0 Å². The van der Waals surface area contributed by atoms with Gasteiger partial charge in [-0.25, -0.2) is 0 Å². The van der Waals surface area contributed by atoms with Crippen LogP contribution in [0.25, 0.3) is 0 Å². The number of carboxylic acid groups (broad SMARTS) is 4. The average Bonchev–Trinajstić information content (AvgIpc) is 1.88. The zero-order valence-electron chi connectivity index (χ0n) is 6.27. The van der Waals surface area contributed by atoms with Gasteiger partial charge in [0.05, 0.1) is 23.9 Å². The SMILES string of the molecule is O.O=C([O-])C(=O)[O-].O=C([O-])C(=O)[O-].[Ti+4]. The molecule has 0 rings (SSSR count). The predicted octanol–water partition coefficient (Wildman–Crippen LogP) is -7.85. The smallest absolute Gasteiger partial charge is 0.543 e. The standard InChI is InChI=1S/2C2H2O4.H2O.Ti/c2*3-1(4)2(5)6;;/h2*(H,3,4)(H,5,6);1H2;/q;;;+4/p-4. The van der Waals surface area contributed by atoms with E-state index in [1.807, 2.05) is 0 Å². The summed E-state index contributed by atoms with van der Waals surface area (Å²) in [5.41, 5.74) is 0. The molecule has 2 N–H and O–H groups in total. The Morgan fingerprint density at radius 1 is 0.571 bits per heavy atom. The van der Waals surface area contributed by atoms with Crippen LogP contribution in [-0.2, 0) is 40.9 Å². The molecule has 10 heteroatoms. The summed E-state index contributed by atoms with van der Waals surface area (Å²) in [6, 6.07) is 0. The maximum atomic E-state index is 8.93. The number of aliphatic carboxylic acids is 4. The molecule has 0 spiro atoms. The molecule has 0 saturated heterocycles. The fraction of sp³-hybridized carbons (Fsp3) is 0. The van der Waals surface area contributed by atoms with Gasteiger partial charge in [-0.1, -0.05) is 0 Å². The topological polar surface area (TPSA) is 192 Å². The first-order chi connectivity index (χ1) is 5.29. The Kier molecular flexibility index (Phi) is 18.9. The van der Waals surface area contributed by atoms with Crippen LogP contribution in [0.4, 0.5) is 0 Å². The molecule has 14 heavy (non-hydrogen) atoms. The Hall–Kier alpha value is -1.45. The van der Waals surface area contributed by atoms with Crippen molar-refractivity contribution >= 4 is 23.9 Å². The first-order valence-electron chi connectivity index (χ1n) is 2.13. The van der Waals surface area contributed by atoms with Gasteiger partial charge in [-0.3, -0.25) is 0 Å². The summed E-state index contributed by atoms with van der Waals surface area (Å²) in [5.74, 6) is -8.74. The third-order valence-corrected chi connectivity index (χ3v) is 0.333. The molecule has 0 bridgehead atoms. The molecule has 0 aliphatic rings. The fourth-order valence-corrected chi connectivity index (χ4v) is 0. The Morgan fingerprint density at radius 3 is 0.643 bits per heavy atom. The predicted molar refractivity (Wildman–Crippen MR) is 23.6 cm³/mol. The molecule has 9 nitrogen and oxygen atoms in total. The first-order valence-corrected chi connectivity index (χ1v) is 2.13. The van der Waals surface area contributed by atoms with Gasteiger partial charge in [0.1, 0.15) is 0 Å². The molecule has 0 heterocycles. The molecule has 0 fully saturated rings. The van der Waals surface area contributed by atoms with Crippen molar-refractivity contribution in [3.05, 3.63) is 0 Å². The summed E-state index contributed by atoms with van der Waals surface area (Å²) in [4.78, 5) is 35.7. The van der Waals surface area contributed by atoms with Gasteiger partial charge in [-0.05, 0) is 0 Å². The summed E-state index contributed by atoms with van der Waals surface area (Å²) in [6.07, 6.45) is 0. The molecule has 0 aromatic rings. The van der Waals surface area contributed by atoms with Gasteiger partial charge in [0.15, 0.2) is 0 Å². The van der Waals surface area contributed by atoms with Crippen LogP contribution in [-0.4, -0.2) is 29.4 Å². The second-order valence-corrected chi connectivity index (χ2v) is 1.15. The zero-order chi connectivity index (χ0) is 10.3. The van der Waals surface area contributed by atoms with Gasteiger partial charge >= 0.3 is 21.7 Å². The Balaban J connectivity index is -0.0000000625. The quantitative estimate of drug-likeness (QED) is 0.295. The van der Waals surface area contributed by atoms with E-state index >= 15 is 0 Å². The normalized spacial score (nSPS) is 6.29. The summed E-state index contributed by atoms with van der Waals surface area (Å²) in [5, 5.41) is 35.7. The molecule has 0 saturated carbocycles. The molecule has 76 valence electrons. The van der Waals surface area contributed by atoms with E-state index in [1.165, 1.54) is 0 Å². The van der Waals surface area contributed by atoms with Crippen molar-refractivity contribution in [2.75, 3.05) is 0 Å².